The predicted octanol–water partition coefficient (Wildman–Crippen LogP) is 1.83. The van der Waals surface area contributed by atoms with Crippen LogP contribution >= 0.6 is 11.8 Å². The lowest BCUT2D eigenvalue weighted by atomic mass is 10.9. The van der Waals surface area contributed by atoms with Crippen molar-refractivity contribution in [2.75, 3.05) is 0 Å². The van der Waals surface area contributed by atoms with Crippen LogP contribution in [-0.4, -0.2) is 5.50 Å². The second-order valence-corrected chi connectivity index (χ2v) is 1.69. The Morgan fingerprint density at radius 3 is 2.20 bits per heavy atom. The van der Waals surface area contributed by atoms with Gasteiger partial charge in [0.25, 0.3) is 0 Å². The van der Waals surface area contributed by atoms with Gasteiger partial charge >= 0.3 is 0 Å². The molecule has 0 heterocycles. The Labute approximate surface area is 35.8 Å². The van der Waals surface area contributed by atoms with Gasteiger partial charge in [-0.25, -0.2) is 4.39 Å². The Morgan fingerprint density at radius 1 is 2.00 bits per heavy atom. The van der Waals surface area contributed by atoms with Gasteiger partial charge in [0.15, 0.2) is 0 Å². The van der Waals surface area contributed by atoms with Crippen LogP contribution in [0.15, 0.2) is 0 Å². The first-order valence-electron chi connectivity index (χ1n) is 1.32. The number of hydrogen-bond donors (Lipinski definition) is 0. The van der Waals surface area contributed by atoms with E-state index in [0.29, 0.717) is 0 Å². The molecule has 0 aromatic heterocycles. The summed E-state index contributed by atoms with van der Waals surface area (Å²) in [6.45, 7) is 1.46. The third kappa shape index (κ3) is 4.28. The van der Waals surface area contributed by atoms with Gasteiger partial charge in [-0.1, -0.05) is 0 Å². The monoisotopic (exact) mass is 93.0 g/mol. The summed E-state index contributed by atoms with van der Waals surface area (Å²) in [5.41, 5.74) is -0.810. The number of rotatable bonds is 1. The van der Waals surface area contributed by atoms with Crippen molar-refractivity contribution in [2.45, 2.75) is 12.4 Å². The third-order valence-electron chi connectivity index (χ3n) is 0.230. The number of thioether (sulfide) groups is 1. The number of halogens is 1. The van der Waals surface area contributed by atoms with Crippen LogP contribution in [0, 0.1) is 6.26 Å². The van der Waals surface area contributed by atoms with Crippen molar-refractivity contribution >= 4 is 11.8 Å². The van der Waals surface area contributed by atoms with E-state index < -0.39 is 5.50 Å². The summed E-state index contributed by atoms with van der Waals surface area (Å²) in [4.78, 5) is 0. The van der Waals surface area contributed by atoms with Crippen molar-refractivity contribution in [3.63, 3.8) is 0 Å². The number of hydrogen-bond acceptors (Lipinski definition) is 1. The van der Waals surface area contributed by atoms with Crippen LogP contribution in [0.4, 0.5) is 4.39 Å². The molecule has 0 nitrogen and oxygen atoms in total. The van der Waals surface area contributed by atoms with Gasteiger partial charge in [0.05, 0.1) is 0 Å². The quantitative estimate of drug-likeness (QED) is 0.476. The highest BCUT2D eigenvalue weighted by Gasteiger charge is 1.85. The third-order valence-corrected chi connectivity index (χ3v) is 0.689. The van der Waals surface area contributed by atoms with Crippen LogP contribution < -0.4 is 0 Å². The van der Waals surface area contributed by atoms with Crippen LogP contribution in [-0.2, 0) is 0 Å². The van der Waals surface area contributed by atoms with Gasteiger partial charge in [-0.3, -0.25) is 0 Å². The van der Waals surface area contributed by atoms with Gasteiger partial charge < -0.3 is 0 Å². The molecule has 31 valence electrons. The molecule has 0 amide bonds. The maximum Gasteiger partial charge on any atom is 0.143 e. The molecule has 0 rings (SSSR count). The summed E-state index contributed by atoms with van der Waals surface area (Å²) in [6.07, 6.45) is 3.23. The Bertz CT molecular complexity index is 20.9. The smallest absolute Gasteiger partial charge is 0.143 e. The topological polar surface area (TPSA) is 0 Å². The molecule has 2 heteroatoms. The maximum absolute atomic E-state index is 11.3. The molecule has 0 spiro atoms. The highest BCUT2D eigenvalue weighted by Crippen LogP contribution is 2.05. The van der Waals surface area contributed by atoms with Crippen LogP contribution in [0.1, 0.15) is 6.92 Å². The lowest BCUT2D eigenvalue weighted by Gasteiger charge is -1.86. The Balaban J connectivity index is 2.54. The van der Waals surface area contributed by atoms with Crippen molar-refractivity contribution in [2.24, 2.45) is 0 Å². The molecule has 1 atom stereocenters. The van der Waals surface area contributed by atoms with Gasteiger partial charge in [0, 0.05) is 6.26 Å². The fraction of sp³-hybridized carbons (Fsp3) is 0.667. The Kier molecular flexibility index (Phi) is 2.65. The van der Waals surface area contributed by atoms with Crippen LogP contribution in [0.25, 0.3) is 0 Å². The van der Waals surface area contributed by atoms with Gasteiger partial charge in [-0.15, -0.1) is 11.8 Å². The van der Waals surface area contributed by atoms with E-state index in [1.807, 2.05) is 0 Å². The highest BCUT2D eigenvalue weighted by atomic mass is 32.2. The van der Waals surface area contributed by atoms with Gasteiger partial charge in [-0.2, -0.15) is 0 Å². The molecular weight excluding hydrogens is 87.1 g/mol. The lowest BCUT2D eigenvalue weighted by Crippen LogP contribution is -1.74. The standard InChI is InChI=1S/C3H6FS/c1-3(4)5-2/h3H,2H2,1H3. The molecule has 0 aromatic rings. The minimum atomic E-state index is -0.810. The zero-order chi connectivity index (χ0) is 4.28. The predicted molar refractivity (Wildman–Crippen MR) is 23.5 cm³/mol. The minimum Gasteiger partial charge on any atom is -0.236 e. The van der Waals surface area contributed by atoms with Gasteiger partial charge in [0.2, 0.25) is 0 Å². The molecule has 1 unspecified atom stereocenters. The van der Waals surface area contributed by atoms with E-state index in [2.05, 4.69) is 6.26 Å². The largest absolute Gasteiger partial charge is 0.236 e. The molecule has 0 fully saturated rings. The molecule has 0 N–H and O–H groups in total. The normalized spacial score (nSPS) is 15.0. The average Bonchev–Trinajstić information content (AvgIpc) is 1.38. The molecule has 0 bridgehead atoms. The van der Waals surface area contributed by atoms with E-state index in [9.17, 15) is 4.39 Å². The van der Waals surface area contributed by atoms with E-state index >= 15 is 0 Å². The first kappa shape index (κ1) is 5.28. The fourth-order valence-corrected chi connectivity index (χ4v) is 0. The number of alkyl halides is 1. The zero-order valence-corrected chi connectivity index (χ0v) is 3.89. The van der Waals surface area contributed by atoms with Crippen molar-refractivity contribution in [1.29, 1.82) is 0 Å². The van der Waals surface area contributed by atoms with E-state index in [4.69, 9.17) is 0 Å². The average molecular weight is 93.1 g/mol. The summed E-state index contributed by atoms with van der Waals surface area (Å²) >= 11 is 0.963. The second-order valence-electron chi connectivity index (χ2n) is 0.710. The SMILES string of the molecule is [CH2]SC(C)F. The van der Waals surface area contributed by atoms with E-state index in [1.165, 1.54) is 6.92 Å². The first-order valence-corrected chi connectivity index (χ1v) is 2.37. The summed E-state index contributed by atoms with van der Waals surface area (Å²) in [7, 11) is 0. The van der Waals surface area contributed by atoms with Crippen molar-refractivity contribution in [3.8, 4) is 0 Å². The molecule has 0 aliphatic rings. The highest BCUT2D eigenvalue weighted by molar-refractivity contribution is 8.00. The summed E-state index contributed by atoms with van der Waals surface area (Å²) < 4.78 is 11.3. The van der Waals surface area contributed by atoms with Gasteiger partial charge in [-0.05, 0) is 6.92 Å². The van der Waals surface area contributed by atoms with E-state index in [-0.39, 0.29) is 0 Å². The Morgan fingerprint density at radius 2 is 2.20 bits per heavy atom. The molecule has 5 heavy (non-hydrogen) atoms. The second kappa shape index (κ2) is 2.51. The van der Waals surface area contributed by atoms with Crippen LogP contribution in [0.5, 0.6) is 0 Å². The van der Waals surface area contributed by atoms with E-state index in [0.717, 1.165) is 11.8 Å². The molecule has 0 aromatic carbocycles. The molecular formula is C3H6FS. The lowest BCUT2D eigenvalue weighted by molar-refractivity contribution is 0.485. The van der Waals surface area contributed by atoms with Crippen LogP contribution in [0.3, 0.4) is 0 Å². The minimum absolute atomic E-state index is 0.810. The molecule has 0 aliphatic carbocycles. The maximum atomic E-state index is 11.3. The summed E-state index contributed by atoms with van der Waals surface area (Å²) in [6, 6.07) is 0. The van der Waals surface area contributed by atoms with Crippen molar-refractivity contribution in [1.82, 2.24) is 0 Å². The summed E-state index contributed by atoms with van der Waals surface area (Å²) in [5.74, 6) is 0. The molecule has 0 saturated carbocycles. The van der Waals surface area contributed by atoms with Crippen molar-refractivity contribution in [3.05, 3.63) is 6.26 Å². The molecule has 0 aliphatic heterocycles. The molecule has 1 radical (unpaired) electrons. The molecule has 0 saturated heterocycles. The van der Waals surface area contributed by atoms with E-state index in [1.54, 1.807) is 0 Å². The van der Waals surface area contributed by atoms with Crippen LogP contribution in [0.2, 0.25) is 0 Å². The van der Waals surface area contributed by atoms with Gasteiger partial charge in [0.1, 0.15) is 5.50 Å². The Hall–Kier alpha value is 0.280. The summed E-state index contributed by atoms with van der Waals surface area (Å²) in [5, 5.41) is 0. The van der Waals surface area contributed by atoms with Crippen molar-refractivity contribution < 1.29 is 4.39 Å². The first-order chi connectivity index (χ1) is 2.27. The fourth-order valence-electron chi connectivity index (χ4n) is 0. The zero-order valence-electron chi connectivity index (χ0n) is 3.07.